The van der Waals surface area contributed by atoms with Crippen molar-refractivity contribution in [3.63, 3.8) is 0 Å². The second-order valence-electron chi connectivity index (χ2n) is 7.11. The molecule has 0 aromatic rings. The smallest absolute Gasteiger partial charge is 0.410 e. The third kappa shape index (κ3) is 3.71. The minimum atomic E-state index is -0.503. The molecule has 1 saturated heterocycles. The van der Waals surface area contributed by atoms with Crippen LogP contribution in [-0.4, -0.2) is 35.5 Å². The van der Waals surface area contributed by atoms with Crippen LogP contribution in [0, 0.1) is 5.41 Å². The van der Waals surface area contributed by atoms with Crippen LogP contribution in [0.3, 0.4) is 0 Å². The van der Waals surface area contributed by atoms with Gasteiger partial charge in [0.05, 0.1) is 6.54 Å². The van der Waals surface area contributed by atoms with Crippen LogP contribution in [0.5, 0.6) is 0 Å². The average Bonchev–Trinajstić information content (AvgIpc) is 2.26. The minimum Gasteiger partial charge on any atom is -0.444 e. The zero-order chi connectivity index (χ0) is 14.1. The number of likely N-dealkylation sites (tertiary alicyclic amines) is 1. The highest BCUT2D eigenvalue weighted by Gasteiger charge is 2.42. The normalized spacial score (nSPS) is 23.5. The van der Waals surface area contributed by atoms with E-state index < -0.39 is 5.60 Å². The summed E-state index contributed by atoms with van der Waals surface area (Å²) in [6.07, 6.45) is 6.04. The molecule has 19 heavy (non-hydrogen) atoms. The highest BCUT2D eigenvalue weighted by atomic mass is 16.6. The molecule has 1 aliphatic carbocycles. The van der Waals surface area contributed by atoms with Gasteiger partial charge in [0.1, 0.15) is 5.60 Å². The first-order valence-electron chi connectivity index (χ1n) is 7.29. The zero-order valence-corrected chi connectivity index (χ0v) is 12.3. The van der Waals surface area contributed by atoms with Crippen molar-refractivity contribution < 1.29 is 14.3 Å². The van der Waals surface area contributed by atoms with Gasteiger partial charge in [-0.15, -0.1) is 0 Å². The molecule has 1 saturated carbocycles. The van der Waals surface area contributed by atoms with Crippen molar-refractivity contribution in [3.8, 4) is 0 Å². The van der Waals surface area contributed by atoms with Gasteiger partial charge < -0.3 is 9.64 Å². The molecule has 1 amide bonds. The van der Waals surface area contributed by atoms with Gasteiger partial charge in [-0.1, -0.05) is 19.3 Å². The van der Waals surface area contributed by atoms with Gasteiger partial charge in [-0.3, -0.25) is 4.79 Å². The predicted octanol–water partition coefficient (Wildman–Crippen LogP) is 3.15. The molecular formula is C15H25NO3. The van der Waals surface area contributed by atoms with E-state index in [9.17, 15) is 9.59 Å². The Hall–Kier alpha value is -1.06. The maximum absolute atomic E-state index is 12.1. The molecule has 0 aromatic heterocycles. The van der Waals surface area contributed by atoms with E-state index in [0.29, 0.717) is 13.0 Å². The fourth-order valence-electron chi connectivity index (χ4n) is 3.30. The lowest BCUT2D eigenvalue weighted by atomic mass is 9.69. The summed E-state index contributed by atoms with van der Waals surface area (Å²) >= 11 is 0. The topological polar surface area (TPSA) is 46.6 Å². The second-order valence-corrected chi connectivity index (χ2v) is 7.11. The lowest BCUT2D eigenvalue weighted by Crippen LogP contribution is -2.51. The van der Waals surface area contributed by atoms with Crippen LogP contribution < -0.4 is 0 Å². The van der Waals surface area contributed by atoms with Gasteiger partial charge in [-0.2, -0.15) is 0 Å². The molecule has 108 valence electrons. The summed E-state index contributed by atoms with van der Waals surface area (Å²) in [5, 5.41) is 0. The first-order valence-corrected chi connectivity index (χ1v) is 7.29. The molecule has 1 heterocycles. The van der Waals surface area contributed by atoms with Crippen LogP contribution in [0.4, 0.5) is 4.79 Å². The van der Waals surface area contributed by atoms with Gasteiger partial charge in [-0.25, -0.2) is 4.79 Å². The van der Waals surface area contributed by atoms with Gasteiger partial charge in [0, 0.05) is 13.0 Å². The number of hydrogen-bond acceptors (Lipinski definition) is 3. The Morgan fingerprint density at radius 3 is 2.42 bits per heavy atom. The summed E-state index contributed by atoms with van der Waals surface area (Å²) in [4.78, 5) is 25.7. The molecule has 0 radical (unpaired) electrons. The van der Waals surface area contributed by atoms with Crippen LogP contribution >= 0.6 is 0 Å². The first kappa shape index (κ1) is 14.4. The van der Waals surface area contributed by atoms with Gasteiger partial charge in [-0.05, 0) is 39.0 Å². The van der Waals surface area contributed by atoms with E-state index in [4.69, 9.17) is 4.74 Å². The summed E-state index contributed by atoms with van der Waals surface area (Å²) in [6, 6.07) is 0. The lowest BCUT2D eigenvalue weighted by molar-refractivity contribution is -0.128. The highest BCUT2D eigenvalue weighted by Crippen LogP contribution is 2.42. The van der Waals surface area contributed by atoms with E-state index in [0.717, 1.165) is 12.8 Å². The van der Waals surface area contributed by atoms with Gasteiger partial charge >= 0.3 is 6.09 Å². The third-order valence-electron chi connectivity index (χ3n) is 4.03. The molecule has 1 spiro atoms. The third-order valence-corrected chi connectivity index (χ3v) is 4.03. The zero-order valence-electron chi connectivity index (χ0n) is 12.3. The summed E-state index contributed by atoms with van der Waals surface area (Å²) in [7, 11) is 0. The Kier molecular flexibility index (Phi) is 3.88. The lowest BCUT2D eigenvalue weighted by Gasteiger charge is -2.44. The standard InChI is InChI=1S/C15H25NO3/c1-14(2,3)19-13(18)16-10-12(17)9-15(11-16)7-5-4-6-8-15/h4-11H2,1-3H3. The molecule has 4 nitrogen and oxygen atoms in total. The number of hydrogen-bond donors (Lipinski definition) is 0. The van der Waals surface area contributed by atoms with Crippen LogP contribution in [-0.2, 0) is 9.53 Å². The molecule has 4 heteroatoms. The van der Waals surface area contributed by atoms with E-state index in [-0.39, 0.29) is 23.8 Å². The van der Waals surface area contributed by atoms with E-state index in [1.165, 1.54) is 19.3 Å². The van der Waals surface area contributed by atoms with E-state index in [2.05, 4.69) is 0 Å². The van der Waals surface area contributed by atoms with E-state index in [1.807, 2.05) is 20.8 Å². The molecule has 1 aliphatic heterocycles. The monoisotopic (exact) mass is 267 g/mol. The van der Waals surface area contributed by atoms with Gasteiger partial charge in [0.2, 0.25) is 0 Å². The predicted molar refractivity (Wildman–Crippen MR) is 72.9 cm³/mol. The molecule has 2 fully saturated rings. The maximum atomic E-state index is 12.1. The summed E-state index contributed by atoms with van der Waals surface area (Å²) in [5.41, 5.74) is -0.470. The molecule has 0 N–H and O–H groups in total. The Labute approximate surface area is 115 Å². The fourth-order valence-corrected chi connectivity index (χ4v) is 3.30. The van der Waals surface area contributed by atoms with Crippen molar-refractivity contribution in [2.45, 2.75) is 64.9 Å². The second kappa shape index (κ2) is 5.14. The Morgan fingerprint density at radius 2 is 1.84 bits per heavy atom. The van der Waals surface area contributed by atoms with Gasteiger partial charge in [0.15, 0.2) is 5.78 Å². The Morgan fingerprint density at radius 1 is 1.21 bits per heavy atom. The largest absolute Gasteiger partial charge is 0.444 e. The van der Waals surface area contributed by atoms with Crippen LogP contribution in [0.1, 0.15) is 59.3 Å². The molecule has 2 aliphatic rings. The van der Waals surface area contributed by atoms with Gasteiger partial charge in [0.25, 0.3) is 0 Å². The highest BCUT2D eigenvalue weighted by molar-refractivity contribution is 5.86. The Bertz CT molecular complexity index is 364. The minimum absolute atomic E-state index is 0.0322. The number of piperidine rings is 1. The number of carbonyl (C=O) groups excluding carboxylic acids is 2. The number of ketones is 1. The number of nitrogens with zero attached hydrogens (tertiary/aromatic N) is 1. The number of carbonyl (C=O) groups is 2. The molecule has 0 atom stereocenters. The first-order chi connectivity index (χ1) is 8.80. The number of amides is 1. The van der Waals surface area contributed by atoms with Crippen molar-refractivity contribution in [3.05, 3.63) is 0 Å². The van der Waals surface area contributed by atoms with Crippen molar-refractivity contribution in [2.75, 3.05) is 13.1 Å². The maximum Gasteiger partial charge on any atom is 0.410 e. The van der Waals surface area contributed by atoms with E-state index >= 15 is 0 Å². The molecule has 0 unspecified atom stereocenters. The SMILES string of the molecule is CC(C)(C)OC(=O)N1CC(=O)CC2(CCCCC2)C1. The van der Waals surface area contributed by atoms with Crippen molar-refractivity contribution in [1.29, 1.82) is 0 Å². The summed E-state index contributed by atoms with van der Waals surface area (Å²) in [5.74, 6) is 0.180. The van der Waals surface area contributed by atoms with Crippen molar-refractivity contribution in [2.24, 2.45) is 5.41 Å². The van der Waals surface area contributed by atoms with Crippen LogP contribution in [0.2, 0.25) is 0 Å². The van der Waals surface area contributed by atoms with Crippen molar-refractivity contribution in [1.82, 2.24) is 4.90 Å². The fraction of sp³-hybridized carbons (Fsp3) is 0.867. The number of Topliss-reactive ketones (excluding diaryl/α,β-unsaturated/α-hetero) is 1. The number of rotatable bonds is 0. The molecular weight excluding hydrogens is 242 g/mol. The summed E-state index contributed by atoms with van der Waals surface area (Å²) < 4.78 is 5.39. The van der Waals surface area contributed by atoms with E-state index in [1.54, 1.807) is 4.90 Å². The van der Waals surface area contributed by atoms with Crippen molar-refractivity contribution >= 4 is 11.9 Å². The number of ether oxygens (including phenoxy) is 1. The summed E-state index contributed by atoms with van der Waals surface area (Å²) in [6.45, 7) is 6.47. The molecule has 2 rings (SSSR count). The average molecular weight is 267 g/mol. The quantitative estimate of drug-likeness (QED) is 0.677. The molecule has 0 aromatic carbocycles. The molecule has 0 bridgehead atoms. The Balaban J connectivity index is 2.05. The van der Waals surface area contributed by atoms with Crippen LogP contribution in [0.15, 0.2) is 0 Å². The van der Waals surface area contributed by atoms with Crippen LogP contribution in [0.25, 0.3) is 0 Å².